The molecule has 1 heterocycles. The number of nitrogens with zero attached hydrogens (tertiary/aromatic N) is 1. The quantitative estimate of drug-likeness (QED) is 0.808. The van der Waals surface area contributed by atoms with Crippen LogP contribution in [0.25, 0.3) is 10.2 Å². The van der Waals surface area contributed by atoms with E-state index in [-0.39, 0.29) is 11.8 Å². The molecule has 0 spiro atoms. The average Bonchev–Trinajstić information content (AvgIpc) is 2.74. The van der Waals surface area contributed by atoms with E-state index < -0.39 is 12.1 Å². The number of rotatable bonds is 4. The highest BCUT2D eigenvalue weighted by Crippen LogP contribution is 2.24. The summed E-state index contributed by atoms with van der Waals surface area (Å²) < 4.78 is 1.01. The van der Waals surface area contributed by atoms with Crippen molar-refractivity contribution in [3.63, 3.8) is 0 Å². The summed E-state index contributed by atoms with van der Waals surface area (Å²) in [4.78, 5) is 27.6. The molecule has 0 aliphatic rings. The van der Waals surface area contributed by atoms with Crippen LogP contribution in [0, 0.1) is 12.8 Å². The van der Waals surface area contributed by atoms with Gasteiger partial charge in [-0.25, -0.2) is 9.78 Å². The minimum absolute atomic E-state index is 0.0631. The fourth-order valence-electron chi connectivity index (χ4n) is 2.03. The van der Waals surface area contributed by atoms with Gasteiger partial charge in [0, 0.05) is 5.69 Å². The molecule has 21 heavy (non-hydrogen) atoms. The number of primary amides is 1. The van der Waals surface area contributed by atoms with E-state index in [1.165, 1.54) is 0 Å². The minimum Gasteiger partial charge on any atom is -0.352 e. The summed E-state index contributed by atoms with van der Waals surface area (Å²) in [7, 11) is 0. The lowest BCUT2D eigenvalue weighted by Gasteiger charge is -2.20. The summed E-state index contributed by atoms with van der Waals surface area (Å²) in [5, 5.41) is 6.23. The number of thiazole rings is 1. The molecule has 0 aliphatic heterocycles. The molecule has 4 N–H and O–H groups in total. The Bertz CT molecular complexity index is 681. The van der Waals surface area contributed by atoms with Crippen LogP contribution in [0.4, 0.5) is 10.5 Å². The minimum atomic E-state index is -0.711. The molecule has 0 bridgehead atoms. The molecule has 0 saturated heterocycles. The Morgan fingerprint density at radius 2 is 2.05 bits per heavy atom. The Kier molecular flexibility index (Phi) is 4.42. The first-order chi connectivity index (χ1) is 9.86. The van der Waals surface area contributed by atoms with Crippen molar-refractivity contribution >= 4 is 39.2 Å². The topological polar surface area (TPSA) is 97.1 Å². The molecule has 112 valence electrons. The van der Waals surface area contributed by atoms with Gasteiger partial charge < -0.3 is 16.4 Å². The number of amides is 3. The number of fused-ring (bicyclic) bond motifs is 1. The van der Waals surface area contributed by atoms with Crippen molar-refractivity contribution < 1.29 is 9.59 Å². The molecule has 2 aromatic rings. The summed E-state index contributed by atoms with van der Waals surface area (Å²) in [6.45, 7) is 5.63. The highest BCUT2D eigenvalue weighted by molar-refractivity contribution is 7.18. The van der Waals surface area contributed by atoms with Gasteiger partial charge in [-0.05, 0) is 31.0 Å². The van der Waals surface area contributed by atoms with Crippen molar-refractivity contribution in [3.8, 4) is 0 Å². The number of nitrogens with two attached hydrogens (primary N) is 1. The Balaban J connectivity index is 2.17. The zero-order chi connectivity index (χ0) is 15.6. The Hall–Kier alpha value is -2.15. The number of hydrogen-bond donors (Lipinski definition) is 3. The van der Waals surface area contributed by atoms with E-state index in [1.807, 2.05) is 32.9 Å². The third kappa shape index (κ3) is 3.69. The first-order valence-corrected chi connectivity index (χ1v) is 7.42. The second kappa shape index (κ2) is 6.09. The number of carbonyl (C=O) groups is 2. The number of nitrogens with one attached hydrogen (secondary N) is 2. The molecule has 3 amide bonds. The molecule has 1 atom stereocenters. The number of urea groups is 1. The van der Waals surface area contributed by atoms with E-state index in [4.69, 9.17) is 5.73 Å². The second-order valence-corrected chi connectivity index (χ2v) is 6.37. The number of anilines is 1. The van der Waals surface area contributed by atoms with Crippen molar-refractivity contribution in [2.75, 3.05) is 5.32 Å². The van der Waals surface area contributed by atoms with Crippen LogP contribution in [0.5, 0.6) is 0 Å². The van der Waals surface area contributed by atoms with Crippen LogP contribution in [0.1, 0.15) is 18.9 Å². The molecular formula is C14H18N4O2S. The summed E-state index contributed by atoms with van der Waals surface area (Å²) in [6.07, 6.45) is 0. The number of hydrogen-bond acceptors (Lipinski definition) is 4. The lowest BCUT2D eigenvalue weighted by Crippen LogP contribution is -2.49. The van der Waals surface area contributed by atoms with Gasteiger partial charge in [-0.2, -0.15) is 0 Å². The molecule has 6 nitrogen and oxygen atoms in total. The maximum atomic E-state index is 12.2. The summed E-state index contributed by atoms with van der Waals surface area (Å²) in [5.41, 5.74) is 6.69. The largest absolute Gasteiger partial charge is 0.352 e. The highest BCUT2D eigenvalue weighted by atomic mass is 32.1. The van der Waals surface area contributed by atoms with Crippen LogP contribution in [0.15, 0.2) is 18.2 Å². The third-order valence-electron chi connectivity index (χ3n) is 3.01. The zero-order valence-corrected chi connectivity index (χ0v) is 13.0. The van der Waals surface area contributed by atoms with E-state index in [0.717, 1.165) is 15.2 Å². The molecular weight excluding hydrogens is 288 g/mol. The summed E-state index contributed by atoms with van der Waals surface area (Å²) in [6, 6.07) is 4.15. The van der Waals surface area contributed by atoms with Gasteiger partial charge in [-0.15, -0.1) is 11.3 Å². The van der Waals surface area contributed by atoms with Gasteiger partial charge in [0.1, 0.15) is 6.04 Å². The van der Waals surface area contributed by atoms with Gasteiger partial charge in [0.15, 0.2) is 0 Å². The van der Waals surface area contributed by atoms with E-state index in [2.05, 4.69) is 15.6 Å². The van der Waals surface area contributed by atoms with Gasteiger partial charge in [0.2, 0.25) is 5.91 Å². The van der Waals surface area contributed by atoms with Crippen LogP contribution >= 0.6 is 11.3 Å². The third-order valence-corrected chi connectivity index (χ3v) is 3.94. The zero-order valence-electron chi connectivity index (χ0n) is 12.1. The molecule has 0 unspecified atom stereocenters. The fraction of sp³-hybridized carbons (Fsp3) is 0.357. The van der Waals surface area contributed by atoms with Crippen LogP contribution in [-0.2, 0) is 4.79 Å². The maximum Gasteiger partial charge on any atom is 0.312 e. The molecule has 1 aromatic heterocycles. The standard InChI is InChI=1S/C14H18N4O2S/c1-7(2)12(18-14(15)20)13(19)17-9-4-5-10-11(6-9)21-8(3)16-10/h4-7,12H,1-3H3,(H,17,19)(H3,15,18,20)/t12-/m1/s1. The molecule has 0 saturated carbocycles. The van der Waals surface area contributed by atoms with Gasteiger partial charge in [0.05, 0.1) is 15.2 Å². The number of aromatic nitrogens is 1. The second-order valence-electron chi connectivity index (χ2n) is 5.13. The first kappa shape index (κ1) is 15.2. The predicted molar refractivity (Wildman–Crippen MR) is 84.3 cm³/mol. The fourth-order valence-corrected chi connectivity index (χ4v) is 2.89. The summed E-state index contributed by atoms with van der Waals surface area (Å²) in [5.74, 6) is -0.351. The maximum absolute atomic E-state index is 12.2. The average molecular weight is 306 g/mol. The lowest BCUT2D eigenvalue weighted by atomic mass is 10.0. The van der Waals surface area contributed by atoms with Gasteiger partial charge in [-0.3, -0.25) is 4.79 Å². The normalized spacial score (nSPS) is 12.4. The lowest BCUT2D eigenvalue weighted by molar-refractivity contribution is -0.118. The van der Waals surface area contributed by atoms with Gasteiger partial charge >= 0.3 is 6.03 Å². The van der Waals surface area contributed by atoms with Crippen LogP contribution < -0.4 is 16.4 Å². The van der Waals surface area contributed by atoms with Gasteiger partial charge in [0.25, 0.3) is 0 Å². The van der Waals surface area contributed by atoms with Crippen LogP contribution in [-0.4, -0.2) is 23.0 Å². The van der Waals surface area contributed by atoms with Crippen LogP contribution in [0.2, 0.25) is 0 Å². The van der Waals surface area contributed by atoms with E-state index in [9.17, 15) is 9.59 Å². The molecule has 0 radical (unpaired) electrons. The van der Waals surface area contributed by atoms with Crippen molar-refractivity contribution in [2.45, 2.75) is 26.8 Å². The molecule has 2 rings (SSSR count). The van der Waals surface area contributed by atoms with E-state index in [0.29, 0.717) is 5.69 Å². The van der Waals surface area contributed by atoms with Crippen LogP contribution in [0.3, 0.4) is 0 Å². The molecule has 0 fully saturated rings. The van der Waals surface area contributed by atoms with Crippen molar-refractivity contribution in [3.05, 3.63) is 23.2 Å². The monoisotopic (exact) mass is 306 g/mol. The highest BCUT2D eigenvalue weighted by Gasteiger charge is 2.23. The number of carbonyl (C=O) groups excluding carboxylic acids is 2. The molecule has 7 heteroatoms. The SMILES string of the molecule is Cc1nc2ccc(NC(=O)[C@H](NC(N)=O)C(C)C)cc2s1. The Morgan fingerprint density at radius 3 is 2.67 bits per heavy atom. The van der Waals surface area contributed by atoms with E-state index in [1.54, 1.807) is 17.4 Å². The number of benzene rings is 1. The first-order valence-electron chi connectivity index (χ1n) is 6.61. The van der Waals surface area contributed by atoms with Crippen molar-refractivity contribution in [2.24, 2.45) is 11.7 Å². The Morgan fingerprint density at radius 1 is 1.33 bits per heavy atom. The Labute approximate surface area is 126 Å². The van der Waals surface area contributed by atoms with E-state index >= 15 is 0 Å². The molecule has 1 aromatic carbocycles. The molecule has 0 aliphatic carbocycles. The number of aryl methyl sites for hydroxylation is 1. The predicted octanol–water partition coefficient (Wildman–Crippen LogP) is 2.24. The van der Waals surface area contributed by atoms with Crippen molar-refractivity contribution in [1.29, 1.82) is 0 Å². The smallest absolute Gasteiger partial charge is 0.312 e. The van der Waals surface area contributed by atoms with Crippen molar-refractivity contribution in [1.82, 2.24) is 10.3 Å². The van der Waals surface area contributed by atoms with Gasteiger partial charge in [-0.1, -0.05) is 13.8 Å². The summed E-state index contributed by atoms with van der Waals surface area (Å²) >= 11 is 1.57.